The highest BCUT2D eigenvalue weighted by Crippen LogP contribution is 2.43. The van der Waals surface area contributed by atoms with Crippen LogP contribution in [0.25, 0.3) is 0 Å². The van der Waals surface area contributed by atoms with Gasteiger partial charge in [-0.25, -0.2) is 0 Å². The van der Waals surface area contributed by atoms with Gasteiger partial charge in [0, 0.05) is 19.6 Å². The van der Waals surface area contributed by atoms with Crippen LogP contribution in [0.3, 0.4) is 0 Å². The van der Waals surface area contributed by atoms with Gasteiger partial charge in [0.05, 0.1) is 18.6 Å². The van der Waals surface area contributed by atoms with Gasteiger partial charge in [-0.3, -0.25) is 9.69 Å². The molecule has 0 radical (unpaired) electrons. The van der Waals surface area contributed by atoms with Crippen LogP contribution in [-0.2, 0) is 14.9 Å². The van der Waals surface area contributed by atoms with Crippen LogP contribution in [-0.4, -0.2) is 57.0 Å². The zero-order valence-electron chi connectivity index (χ0n) is 16.7. The number of hydrogen-bond donors (Lipinski definition) is 1. The first-order valence-corrected chi connectivity index (χ1v) is 10.8. The molecule has 0 aromatic heterocycles. The molecule has 0 atom stereocenters. The van der Waals surface area contributed by atoms with Crippen molar-refractivity contribution in [1.82, 2.24) is 10.2 Å². The second-order valence-electron chi connectivity index (χ2n) is 8.13. The molecule has 6 nitrogen and oxygen atoms in total. The number of amides is 1. The first-order chi connectivity index (χ1) is 13.8. The second kappa shape index (κ2) is 9.14. The van der Waals surface area contributed by atoms with Gasteiger partial charge in [0.15, 0.2) is 11.5 Å². The van der Waals surface area contributed by atoms with Crippen LogP contribution in [0.5, 0.6) is 11.5 Å². The van der Waals surface area contributed by atoms with E-state index in [9.17, 15) is 4.79 Å². The summed E-state index contributed by atoms with van der Waals surface area (Å²) >= 11 is 0. The number of morpholine rings is 1. The first kappa shape index (κ1) is 19.5. The number of carbonyl (C=O) groups is 1. The van der Waals surface area contributed by atoms with Crippen molar-refractivity contribution < 1.29 is 19.0 Å². The van der Waals surface area contributed by atoms with E-state index in [0.29, 0.717) is 0 Å². The molecule has 0 spiro atoms. The summed E-state index contributed by atoms with van der Waals surface area (Å²) in [4.78, 5) is 15.7. The predicted molar refractivity (Wildman–Crippen MR) is 107 cm³/mol. The van der Waals surface area contributed by atoms with E-state index in [0.717, 1.165) is 95.0 Å². The van der Waals surface area contributed by atoms with Crippen LogP contribution in [0.1, 0.15) is 50.5 Å². The van der Waals surface area contributed by atoms with Gasteiger partial charge in [-0.1, -0.05) is 25.3 Å². The van der Waals surface area contributed by atoms with E-state index in [-0.39, 0.29) is 12.7 Å². The molecule has 1 saturated heterocycles. The quantitative estimate of drug-likeness (QED) is 0.728. The summed E-state index contributed by atoms with van der Waals surface area (Å²) in [5.74, 6) is 1.72. The highest BCUT2D eigenvalue weighted by atomic mass is 16.7. The van der Waals surface area contributed by atoms with E-state index in [1.807, 2.05) is 12.1 Å². The monoisotopic (exact) mass is 388 g/mol. The standard InChI is InChI=1S/C22H32N2O4/c25-21(23-10-4-5-11-24-12-14-26-15-13-24)22(8-2-1-3-9-22)18-6-7-19-20(16-18)28-17-27-19/h6-7,16H,1-5,8-15,17H2,(H,23,25). The molecular formula is C22H32N2O4. The van der Waals surface area contributed by atoms with E-state index in [4.69, 9.17) is 14.2 Å². The molecule has 3 aliphatic rings. The summed E-state index contributed by atoms with van der Waals surface area (Å²) < 4.78 is 16.4. The van der Waals surface area contributed by atoms with E-state index in [1.54, 1.807) is 0 Å². The smallest absolute Gasteiger partial charge is 0.231 e. The number of carbonyl (C=O) groups excluding carboxylic acids is 1. The Morgan fingerprint density at radius 2 is 1.82 bits per heavy atom. The number of nitrogens with one attached hydrogen (secondary N) is 1. The Balaban J connectivity index is 1.33. The summed E-state index contributed by atoms with van der Waals surface area (Å²) in [5, 5.41) is 3.24. The van der Waals surface area contributed by atoms with Crippen molar-refractivity contribution in [1.29, 1.82) is 0 Å². The Hall–Kier alpha value is -1.79. The molecule has 1 N–H and O–H groups in total. The van der Waals surface area contributed by atoms with Crippen molar-refractivity contribution in [2.75, 3.05) is 46.2 Å². The number of rotatable bonds is 7. The van der Waals surface area contributed by atoms with Gasteiger partial charge in [0.25, 0.3) is 0 Å². The lowest BCUT2D eigenvalue weighted by Gasteiger charge is -2.36. The molecule has 6 heteroatoms. The van der Waals surface area contributed by atoms with Crippen molar-refractivity contribution in [3.8, 4) is 11.5 Å². The minimum atomic E-state index is -0.427. The summed E-state index contributed by atoms with van der Waals surface area (Å²) in [5.41, 5.74) is 0.644. The fourth-order valence-electron chi connectivity index (χ4n) is 4.65. The number of ether oxygens (including phenoxy) is 3. The molecule has 2 heterocycles. The molecular weight excluding hydrogens is 356 g/mol. The highest BCUT2D eigenvalue weighted by Gasteiger charge is 2.41. The number of unbranched alkanes of at least 4 members (excludes halogenated alkanes) is 1. The van der Waals surface area contributed by atoms with E-state index >= 15 is 0 Å². The SMILES string of the molecule is O=C(NCCCCN1CCOCC1)C1(c2ccc3c(c2)OCO3)CCCCC1. The normalized spacial score (nSPS) is 21.4. The van der Waals surface area contributed by atoms with E-state index < -0.39 is 5.41 Å². The molecule has 1 amide bonds. The van der Waals surface area contributed by atoms with Crippen LogP contribution in [0.15, 0.2) is 18.2 Å². The number of benzene rings is 1. The molecule has 1 saturated carbocycles. The van der Waals surface area contributed by atoms with Gasteiger partial charge >= 0.3 is 0 Å². The largest absolute Gasteiger partial charge is 0.454 e. The Morgan fingerprint density at radius 1 is 1.04 bits per heavy atom. The van der Waals surface area contributed by atoms with Crippen LogP contribution in [0.2, 0.25) is 0 Å². The maximum atomic E-state index is 13.3. The lowest BCUT2D eigenvalue weighted by Crippen LogP contribution is -2.46. The van der Waals surface area contributed by atoms with Gasteiger partial charge in [-0.05, 0) is 49.9 Å². The van der Waals surface area contributed by atoms with E-state index in [2.05, 4.69) is 16.3 Å². The molecule has 0 unspecified atom stereocenters. The molecule has 2 fully saturated rings. The van der Waals surface area contributed by atoms with Gasteiger partial charge < -0.3 is 19.5 Å². The Labute approximate surface area is 167 Å². The molecule has 1 aromatic carbocycles. The van der Waals surface area contributed by atoms with Gasteiger partial charge in [-0.15, -0.1) is 0 Å². The lowest BCUT2D eigenvalue weighted by molar-refractivity contribution is -0.128. The third-order valence-corrected chi connectivity index (χ3v) is 6.36. The topological polar surface area (TPSA) is 60.0 Å². The minimum absolute atomic E-state index is 0.178. The molecule has 28 heavy (non-hydrogen) atoms. The molecule has 154 valence electrons. The maximum Gasteiger partial charge on any atom is 0.231 e. The molecule has 0 bridgehead atoms. The molecule has 1 aromatic rings. The highest BCUT2D eigenvalue weighted by molar-refractivity contribution is 5.88. The van der Waals surface area contributed by atoms with Crippen molar-refractivity contribution in [2.24, 2.45) is 0 Å². The van der Waals surface area contributed by atoms with Gasteiger partial charge in [0.2, 0.25) is 12.7 Å². The first-order valence-electron chi connectivity index (χ1n) is 10.8. The average Bonchev–Trinajstić information content (AvgIpc) is 3.22. The van der Waals surface area contributed by atoms with Crippen molar-refractivity contribution in [3.63, 3.8) is 0 Å². The van der Waals surface area contributed by atoms with Crippen molar-refractivity contribution >= 4 is 5.91 Å². The second-order valence-corrected chi connectivity index (χ2v) is 8.13. The summed E-state index contributed by atoms with van der Waals surface area (Å²) in [6.45, 7) is 5.84. The number of hydrogen-bond acceptors (Lipinski definition) is 5. The number of nitrogens with zero attached hydrogens (tertiary/aromatic N) is 1. The minimum Gasteiger partial charge on any atom is -0.454 e. The summed E-state index contributed by atoms with van der Waals surface area (Å²) in [6.07, 6.45) is 7.34. The maximum absolute atomic E-state index is 13.3. The fraction of sp³-hybridized carbons (Fsp3) is 0.682. The molecule has 2 aliphatic heterocycles. The fourth-order valence-corrected chi connectivity index (χ4v) is 4.65. The van der Waals surface area contributed by atoms with Crippen LogP contribution >= 0.6 is 0 Å². The Morgan fingerprint density at radius 3 is 2.64 bits per heavy atom. The van der Waals surface area contributed by atoms with Crippen LogP contribution in [0.4, 0.5) is 0 Å². The van der Waals surface area contributed by atoms with Gasteiger partial charge in [-0.2, -0.15) is 0 Å². The van der Waals surface area contributed by atoms with Crippen molar-refractivity contribution in [3.05, 3.63) is 23.8 Å². The van der Waals surface area contributed by atoms with Crippen LogP contribution in [0, 0.1) is 0 Å². The average molecular weight is 389 g/mol. The molecule has 4 rings (SSSR count). The van der Waals surface area contributed by atoms with Crippen molar-refractivity contribution in [2.45, 2.75) is 50.4 Å². The Kier molecular flexibility index (Phi) is 6.37. The van der Waals surface area contributed by atoms with Gasteiger partial charge in [0.1, 0.15) is 0 Å². The third kappa shape index (κ3) is 4.28. The van der Waals surface area contributed by atoms with E-state index in [1.165, 1.54) is 6.42 Å². The lowest BCUT2D eigenvalue weighted by atomic mass is 9.68. The number of fused-ring (bicyclic) bond motifs is 1. The summed E-state index contributed by atoms with van der Waals surface area (Å²) in [6, 6.07) is 6.02. The zero-order chi connectivity index (χ0) is 19.2. The van der Waals surface area contributed by atoms with Crippen LogP contribution < -0.4 is 14.8 Å². The Bertz CT molecular complexity index is 667. The third-order valence-electron chi connectivity index (χ3n) is 6.36. The summed E-state index contributed by atoms with van der Waals surface area (Å²) in [7, 11) is 0. The predicted octanol–water partition coefficient (Wildman–Crippen LogP) is 2.85. The zero-order valence-corrected chi connectivity index (χ0v) is 16.7. The molecule has 1 aliphatic carbocycles.